The van der Waals surface area contributed by atoms with Crippen molar-refractivity contribution < 1.29 is 9.53 Å². The van der Waals surface area contributed by atoms with Crippen molar-refractivity contribution in [2.75, 3.05) is 19.7 Å². The molecule has 1 heterocycles. The number of fused-ring (bicyclic) bond motifs is 1. The van der Waals surface area contributed by atoms with Gasteiger partial charge in [0.1, 0.15) is 12.4 Å². The van der Waals surface area contributed by atoms with Gasteiger partial charge in [-0.25, -0.2) is 4.79 Å². The minimum Gasteiger partial charge on any atom is -0.492 e. The van der Waals surface area contributed by atoms with E-state index in [1.165, 1.54) is 16.7 Å². The number of ether oxygens (including phenoxy) is 1. The van der Waals surface area contributed by atoms with Crippen molar-refractivity contribution in [2.24, 2.45) is 0 Å². The highest BCUT2D eigenvalue weighted by Gasteiger charge is 2.19. The summed E-state index contributed by atoms with van der Waals surface area (Å²) in [5.41, 5.74) is 3.92. The summed E-state index contributed by atoms with van der Waals surface area (Å²) in [7, 11) is 0. The summed E-state index contributed by atoms with van der Waals surface area (Å²) in [6.07, 6.45) is 0.916. The van der Waals surface area contributed by atoms with Gasteiger partial charge in [-0.3, -0.25) is 0 Å². The largest absolute Gasteiger partial charge is 0.492 e. The van der Waals surface area contributed by atoms with Crippen molar-refractivity contribution in [3.05, 3.63) is 65.2 Å². The van der Waals surface area contributed by atoms with Crippen LogP contribution in [0.5, 0.6) is 5.75 Å². The smallest absolute Gasteiger partial charge is 0.317 e. The Labute approximate surface area is 156 Å². The van der Waals surface area contributed by atoms with Gasteiger partial charge < -0.3 is 15.0 Å². The molecule has 0 bridgehead atoms. The summed E-state index contributed by atoms with van der Waals surface area (Å²) < 4.78 is 5.80. The molecular weight excluding hydrogens is 324 g/mol. The lowest BCUT2D eigenvalue weighted by Crippen LogP contribution is -2.43. The number of urea groups is 1. The second-order valence-electron chi connectivity index (χ2n) is 7.80. The fourth-order valence-electron chi connectivity index (χ4n) is 3.16. The fraction of sp³-hybridized carbons (Fsp3) is 0.409. The molecular formula is C22H28N2O2. The van der Waals surface area contributed by atoms with Gasteiger partial charge in [-0.2, -0.15) is 0 Å². The highest BCUT2D eigenvalue weighted by atomic mass is 16.5. The Morgan fingerprint density at radius 2 is 1.88 bits per heavy atom. The SMILES string of the molecule is CC(C)(C)c1cccc(OCCNC(=O)N2CCc3ccccc3C2)c1. The van der Waals surface area contributed by atoms with Crippen molar-refractivity contribution >= 4 is 6.03 Å². The molecule has 1 aliphatic heterocycles. The number of rotatable bonds is 4. The van der Waals surface area contributed by atoms with E-state index in [9.17, 15) is 4.79 Å². The Morgan fingerprint density at radius 3 is 2.65 bits per heavy atom. The fourth-order valence-corrected chi connectivity index (χ4v) is 3.16. The van der Waals surface area contributed by atoms with Crippen LogP contribution >= 0.6 is 0 Å². The average molecular weight is 352 g/mol. The maximum atomic E-state index is 12.4. The van der Waals surface area contributed by atoms with Crippen LogP contribution in [-0.4, -0.2) is 30.6 Å². The van der Waals surface area contributed by atoms with E-state index in [-0.39, 0.29) is 11.4 Å². The van der Waals surface area contributed by atoms with E-state index in [0.717, 1.165) is 18.7 Å². The van der Waals surface area contributed by atoms with Crippen LogP contribution in [0.15, 0.2) is 48.5 Å². The lowest BCUT2D eigenvalue weighted by Gasteiger charge is -2.29. The van der Waals surface area contributed by atoms with Crippen molar-refractivity contribution in [3.63, 3.8) is 0 Å². The van der Waals surface area contributed by atoms with E-state index >= 15 is 0 Å². The maximum absolute atomic E-state index is 12.4. The second-order valence-corrected chi connectivity index (χ2v) is 7.80. The molecule has 4 heteroatoms. The normalized spacial score (nSPS) is 13.9. The van der Waals surface area contributed by atoms with Gasteiger partial charge >= 0.3 is 6.03 Å². The van der Waals surface area contributed by atoms with Crippen molar-refractivity contribution in [2.45, 2.75) is 39.2 Å². The monoisotopic (exact) mass is 352 g/mol. The van der Waals surface area contributed by atoms with Crippen LogP contribution in [0.1, 0.15) is 37.5 Å². The molecule has 4 nitrogen and oxygen atoms in total. The molecule has 2 amide bonds. The highest BCUT2D eigenvalue weighted by Crippen LogP contribution is 2.25. The third-order valence-corrected chi connectivity index (χ3v) is 4.76. The molecule has 2 aromatic rings. The Hall–Kier alpha value is -2.49. The van der Waals surface area contributed by atoms with E-state index in [1.54, 1.807) is 0 Å². The molecule has 0 aromatic heterocycles. The molecule has 0 spiro atoms. The molecule has 1 N–H and O–H groups in total. The molecule has 1 aliphatic rings. The molecule has 2 aromatic carbocycles. The van der Waals surface area contributed by atoms with Crippen LogP contribution in [0.4, 0.5) is 4.79 Å². The molecule has 26 heavy (non-hydrogen) atoms. The molecule has 0 radical (unpaired) electrons. The zero-order valence-corrected chi connectivity index (χ0v) is 15.9. The third kappa shape index (κ3) is 4.57. The highest BCUT2D eigenvalue weighted by molar-refractivity contribution is 5.74. The number of amides is 2. The molecule has 0 atom stereocenters. The van der Waals surface area contributed by atoms with Gasteiger partial charge in [0.2, 0.25) is 0 Å². The van der Waals surface area contributed by atoms with E-state index in [1.807, 2.05) is 23.1 Å². The van der Waals surface area contributed by atoms with Gasteiger partial charge in [-0.1, -0.05) is 57.2 Å². The summed E-state index contributed by atoms with van der Waals surface area (Å²) in [5, 5.41) is 2.96. The van der Waals surface area contributed by atoms with E-state index in [4.69, 9.17) is 4.74 Å². The molecule has 138 valence electrons. The summed E-state index contributed by atoms with van der Waals surface area (Å²) in [6, 6.07) is 16.5. The van der Waals surface area contributed by atoms with Gasteiger partial charge in [0.25, 0.3) is 0 Å². The molecule has 0 saturated carbocycles. The quantitative estimate of drug-likeness (QED) is 0.841. The first-order valence-electron chi connectivity index (χ1n) is 9.26. The van der Waals surface area contributed by atoms with Crippen LogP contribution in [0, 0.1) is 0 Å². The molecule has 0 unspecified atom stereocenters. The Kier molecular flexibility index (Phi) is 5.50. The lowest BCUT2D eigenvalue weighted by atomic mass is 9.87. The van der Waals surface area contributed by atoms with E-state index < -0.39 is 0 Å². The van der Waals surface area contributed by atoms with Crippen LogP contribution in [0.25, 0.3) is 0 Å². The molecule has 0 saturated heterocycles. The Bertz CT molecular complexity index is 765. The first-order chi connectivity index (χ1) is 12.4. The average Bonchev–Trinajstić information content (AvgIpc) is 2.64. The number of hydrogen-bond donors (Lipinski definition) is 1. The van der Waals surface area contributed by atoms with Gasteiger partial charge in [0.05, 0.1) is 6.54 Å². The van der Waals surface area contributed by atoms with Crippen molar-refractivity contribution in [1.29, 1.82) is 0 Å². The van der Waals surface area contributed by atoms with Gasteiger partial charge in [0.15, 0.2) is 0 Å². The second kappa shape index (κ2) is 7.81. The number of benzene rings is 2. The van der Waals surface area contributed by atoms with Gasteiger partial charge in [-0.15, -0.1) is 0 Å². The number of carbonyl (C=O) groups is 1. The number of hydrogen-bond acceptors (Lipinski definition) is 2. The lowest BCUT2D eigenvalue weighted by molar-refractivity contribution is 0.189. The molecule has 0 aliphatic carbocycles. The summed E-state index contributed by atoms with van der Waals surface area (Å²) >= 11 is 0. The van der Waals surface area contributed by atoms with Gasteiger partial charge in [-0.05, 0) is 40.7 Å². The minimum atomic E-state index is -0.0217. The van der Waals surface area contributed by atoms with Crippen molar-refractivity contribution in [1.82, 2.24) is 10.2 Å². The Balaban J connectivity index is 1.45. The predicted octanol–water partition coefficient (Wildman–Crippen LogP) is 4.13. The van der Waals surface area contributed by atoms with Crippen molar-refractivity contribution in [3.8, 4) is 5.75 Å². The topological polar surface area (TPSA) is 41.6 Å². The zero-order valence-electron chi connectivity index (χ0n) is 15.9. The summed E-state index contributed by atoms with van der Waals surface area (Å²) in [5.74, 6) is 0.846. The summed E-state index contributed by atoms with van der Waals surface area (Å²) in [6.45, 7) is 8.95. The number of nitrogens with one attached hydrogen (secondary N) is 1. The minimum absolute atomic E-state index is 0.0217. The first-order valence-corrected chi connectivity index (χ1v) is 9.26. The standard InChI is InChI=1S/C22H28N2O2/c1-22(2,3)19-9-6-10-20(15-19)26-14-12-23-21(25)24-13-11-17-7-4-5-8-18(17)16-24/h4-10,15H,11-14,16H2,1-3H3,(H,23,25). The number of carbonyl (C=O) groups excluding carboxylic acids is 1. The van der Waals surface area contributed by atoms with Crippen LogP contribution < -0.4 is 10.1 Å². The maximum Gasteiger partial charge on any atom is 0.317 e. The predicted molar refractivity (Wildman–Crippen MR) is 105 cm³/mol. The summed E-state index contributed by atoms with van der Waals surface area (Å²) in [4.78, 5) is 14.2. The molecule has 0 fully saturated rings. The van der Waals surface area contributed by atoms with E-state index in [0.29, 0.717) is 19.7 Å². The number of nitrogens with zero attached hydrogens (tertiary/aromatic N) is 1. The molecule has 3 rings (SSSR count). The Morgan fingerprint density at radius 1 is 1.12 bits per heavy atom. The first kappa shape index (κ1) is 18.3. The van der Waals surface area contributed by atoms with Gasteiger partial charge in [0, 0.05) is 13.1 Å². The third-order valence-electron chi connectivity index (χ3n) is 4.76. The van der Waals surface area contributed by atoms with Crippen LogP contribution in [-0.2, 0) is 18.4 Å². The van der Waals surface area contributed by atoms with E-state index in [2.05, 4.69) is 56.4 Å². The van der Waals surface area contributed by atoms with Crippen LogP contribution in [0.3, 0.4) is 0 Å². The zero-order chi connectivity index (χ0) is 18.6. The van der Waals surface area contributed by atoms with Crippen LogP contribution in [0.2, 0.25) is 0 Å².